The maximum atomic E-state index is 15.5. The number of carbonyl (C=O) groups is 3. The molecule has 1 fully saturated rings. The smallest absolute Gasteiger partial charge is 0.305 e. The Morgan fingerprint density at radius 2 is 1.07 bits per heavy atom. The van der Waals surface area contributed by atoms with Crippen molar-refractivity contribution < 1.29 is 42.5 Å². The van der Waals surface area contributed by atoms with Gasteiger partial charge in [-0.1, -0.05) is 91.0 Å². The van der Waals surface area contributed by atoms with Crippen LogP contribution in [0.4, 0.5) is 4.39 Å². The van der Waals surface area contributed by atoms with E-state index in [9.17, 15) is 14.4 Å². The number of benzene rings is 3. The van der Waals surface area contributed by atoms with Gasteiger partial charge in [0.2, 0.25) is 12.5 Å². The molecule has 1 heterocycles. The summed E-state index contributed by atoms with van der Waals surface area (Å²) < 4.78 is 43.8. The number of hydrogen-bond donors (Lipinski definition) is 0. The molecule has 3 aromatic rings. The summed E-state index contributed by atoms with van der Waals surface area (Å²) in [6.07, 6.45) is -8.01. The molecule has 1 unspecified atom stereocenters. The predicted octanol–water partition coefficient (Wildman–Crippen LogP) is 4.48. The molecule has 0 aliphatic carbocycles. The maximum absolute atomic E-state index is 15.5. The monoisotopic (exact) mass is 550 g/mol. The van der Waals surface area contributed by atoms with E-state index in [1.807, 2.05) is 91.0 Å². The maximum Gasteiger partial charge on any atom is 0.305 e. The fourth-order valence-corrected chi connectivity index (χ4v) is 4.90. The minimum absolute atomic E-state index is 0.265. The van der Waals surface area contributed by atoms with Gasteiger partial charge in [-0.25, -0.2) is 4.39 Å². The summed E-state index contributed by atoms with van der Waals surface area (Å²) in [6.45, 7) is 3.09. The number of carbonyl (C=O) groups excluding carboxylic acids is 3. The number of hydrogen-bond acceptors (Lipinski definition) is 8. The van der Waals surface area contributed by atoms with Crippen molar-refractivity contribution in [2.45, 2.75) is 57.1 Å². The van der Waals surface area contributed by atoms with Gasteiger partial charge in [-0.3, -0.25) is 14.4 Å². The van der Waals surface area contributed by atoms with E-state index < -0.39 is 54.3 Å². The molecule has 5 atom stereocenters. The molecule has 0 spiro atoms. The van der Waals surface area contributed by atoms with Crippen molar-refractivity contribution >= 4 is 17.9 Å². The first-order valence-corrected chi connectivity index (χ1v) is 12.8. The lowest BCUT2D eigenvalue weighted by atomic mass is 9.80. The minimum Gasteiger partial charge on any atom is -0.456 e. The van der Waals surface area contributed by atoms with Crippen LogP contribution >= 0.6 is 0 Å². The topological polar surface area (TPSA) is 97.4 Å². The Labute approximate surface area is 232 Å². The fourth-order valence-electron chi connectivity index (χ4n) is 4.90. The SMILES string of the molecule is CC(=O)OC1O[C@H](COC(c2ccccc2)(c2ccccc2)c2ccccc2)[C@@H](OC(C)=O)[C@H](OC(C)=O)[C@H]1F. The summed E-state index contributed by atoms with van der Waals surface area (Å²) in [5.74, 6) is -2.35. The molecule has 9 heteroatoms. The van der Waals surface area contributed by atoms with Gasteiger partial charge < -0.3 is 23.7 Å². The van der Waals surface area contributed by atoms with E-state index in [4.69, 9.17) is 23.7 Å². The van der Waals surface area contributed by atoms with E-state index in [1.54, 1.807) is 0 Å². The zero-order chi connectivity index (χ0) is 28.7. The second kappa shape index (κ2) is 12.8. The van der Waals surface area contributed by atoms with Crippen LogP contribution in [0, 0.1) is 0 Å². The van der Waals surface area contributed by atoms with Crippen LogP contribution < -0.4 is 0 Å². The highest BCUT2D eigenvalue weighted by Gasteiger charge is 2.53. The van der Waals surface area contributed by atoms with Crippen LogP contribution in [0.15, 0.2) is 91.0 Å². The third-order valence-electron chi connectivity index (χ3n) is 6.46. The fraction of sp³-hybridized carbons (Fsp3) is 0.323. The largest absolute Gasteiger partial charge is 0.456 e. The van der Waals surface area contributed by atoms with Gasteiger partial charge in [-0.05, 0) is 16.7 Å². The van der Waals surface area contributed by atoms with E-state index in [2.05, 4.69) is 0 Å². The Balaban J connectivity index is 1.80. The molecular formula is C31H31FO8. The number of esters is 3. The molecule has 1 saturated heterocycles. The van der Waals surface area contributed by atoms with Gasteiger partial charge in [-0.15, -0.1) is 0 Å². The first-order valence-electron chi connectivity index (χ1n) is 12.8. The van der Waals surface area contributed by atoms with Crippen molar-refractivity contribution in [2.75, 3.05) is 6.61 Å². The quantitative estimate of drug-likeness (QED) is 0.219. The number of halogens is 1. The van der Waals surface area contributed by atoms with Crippen molar-refractivity contribution in [1.29, 1.82) is 0 Å². The minimum atomic E-state index is -2.12. The molecule has 1 aliphatic rings. The molecule has 0 N–H and O–H groups in total. The van der Waals surface area contributed by atoms with Crippen molar-refractivity contribution in [3.8, 4) is 0 Å². The predicted molar refractivity (Wildman–Crippen MR) is 142 cm³/mol. The van der Waals surface area contributed by atoms with Crippen LogP contribution in [0.25, 0.3) is 0 Å². The molecule has 0 radical (unpaired) electrons. The van der Waals surface area contributed by atoms with Gasteiger partial charge in [0, 0.05) is 20.8 Å². The molecule has 3 aromatic carbocycles. The van der Waals surface area contributed by atoms with Gasteiger partial charge >= 0.3 is 17.9 Å². The van der Waals surface area contributed by atoms with E-state index in [1.165, 1.54) is 0 Å². The first-order chi connectivity index (χ1) is 19.2. The highest BCUT2D eigenvalue weighted by Crippen LogP contribution is 2.41. The Kier molecular flexibility index (Phi) is 9.29. The van der Waals surface area contributed by atoms with E-state index in [0.29, 0.717) is 0 Å². The van der Waals surface area contributed by atoms with Crippen LogP contribution in [0.1, 0.15) is 37.5 Å². The summed E-state index contributed by atoms with van der Waals surface area (Å²) in [5, 5.41) is 0. The zero-order valence-electron chi connectivity index (χ0n) is 22.4. The zero-order valence-corrected chi connectivity index (χ0v) is 22.4. The average Bonchev–Trinajstić information content (AvgIpc) is 2.94. The standard InChI is InChI=1S/C31H31FO8/c1-20(33)37-28-26(40-30(39-22(3)35)27(32)29(28)38-21(2)34)19-36-31(23-13-7-4-8-14-23,24-15-9-5-10-16-24)25-17-11-6-12-18-25/h4-18,26-30H,19H2,1-3H3/t26-,27-,28-,29-,30?/m1/s1. The van der Waals surface area contributed by atoms with Gasteiger partial charge in [-0.2, -0.15) is 0 Å². The molecule has 1 aliphatic heterocycles. The van der Waals surface area contributed by atoms with Gasteiger partial charge in [0.15, 0.2) is 12.2 Å². The molecule has 0 bridgehead atoms. The first kappa shape index (κ1) is 28.9. The molecule has 210 valence electrons. The van der Waals surface area contributed by atoms with Gasteiger partial charge in [0.25, 0.3) is 0 Å². The lowest BCUT2D eigenvalue weighted by molar-refractivity contribution is -0.288. The summed E-state index contributed by atoms with van der Waals surface area (Å²) in [7, 11) is 0. The molecule has 4 rings (SSSR count). The number of rotatable bonds is 9. The van der Waals surface area contributed by atoms with Crippen molar-refractivity contribution in [3.63, 3.8) is 0 Å². The lowest BCUT2D eigenvalue weighted by Crippen LogP contribution is -2.61. The second-order valence-corrected chi connectivity index (χ2v) is 9.34. The van der Waals surface area contributed by atoms with E-state index >= 15 is 4.39 Å². The van der Waals surface area contributed by atoms with Crippen molar-refractivity contribution in [2.24, 2.45) is 0 Å². The van der Waals surface area contributed by atoms with Crippen molar-refractivity contribution in [3.05, 3.63) is 108 Å². The molecule has 40 heavy (non-hydrogen) atoms. The third-order valence-corrected chi connectivity index (χ3v) is 6.46. The average molecular weight is 551 g/mol. The summed E-state index contributed by atoms with van der Waals surface area (Å²) in [4.78, 5) is 35.7. The lowest BCUT2D eigenvalue weighted by Gasteiger charge is -2.43. The Morgan fingerprint density at radius 3 is 1.48 bits per heavy atom. The van der Waals surface area contributed by atoms with Crippen LogP contribution in [0.3, 0.4) is 0 Å². The number of ether oxygens (including phenoxy) is 5. The molecule has 0 saturated carbocycles. The van der Waals surface area contributed by atoms with E-state index in [0.717, 1.165) is 37.5 Å². The molecule has 0 aromatic heterocycles. The van der Waals surface area contributed by atoms with E-state index in [-0.39, 0.29) is 6.61 Å². The third kappa shape index (κ3) is 6.38. The Hall–Kier alpha value is -4.08. The highest BCUT2D eigenvalue weighted by molar-refractivity contribution is 5.68. The van der Waals surface area contributed by atoms with Crippen molar-refractivity contribution in [1.82, 2.24) is 0 Å². The van der Waals surface area contributed by atoms with Crippen LogP contribution in [0.5, 0.6) is 0 Å². The normalized spacial score (nSPS) is 22.6. The molecular weight excluding hydrogens is 519 g/mol. The van der Waals surface area contributed by atoms with Crippen LogP contribution in [-0.4, -0.2) is 55.3 Å². The van der Waals surface area contributed by atoms with Crippen LogP contribution in [0.2, 0.25) is 0 Å². The van der Waals surface area contributed by atoms with Gasteiger partial charge in [0.05, 0.1) is 6.61 Å². The Morgan fingerprint density at radius 1 is 0.675 bits per heavy atom. The van der Waals surface area contributed by atoms with Gasteiger partial charge in [0.1, 0.15) is 11.7 Å². The Bertz CT molecular complexity index is 1190. The van der Waals surface area contributed by atoms with Crippen LogP contribution in [-0.2, 0) is 43.7 Å². The summed E-state index contributed by atoms with van der Waals surface area (Å²) in [5.41, 5.74) is 1.21. The summed E-state index contributed by atoms with van der Waals surface area (Å²) in [6, 6.07) is 28.5. The molecule has 8 nitrogen and oxygen atoms in total. The second-order valence-electron chi connectivity index (χ2n) is 9.34. The summed E-state index contributed by atoms with van der Waals surface area (Å²) >= 11 is 0. The number of alkyl halides is 1. The molecule has 0 amide bonds. The highest BCUT2D eigenvalue weighted by atomic mass is 19.1.